The molecule has 0 heterocycles. The minimum atomic E-state index is 0.196. The Morgan fingerprint density at radius 1 is 0.786 bits per heavy atom. The predicted molar refractivity (Wildman–Crippen MR) is 120 cm³/mol. The second-order valence-electron chi connectivity index (χ2n) is 9.00. The van der Waals surface area contributed by atoms with Gasteiger partial charge in [0.1, 0.15) is 0 Å². The summed E-state index contributed by atoms with van der Waals surface area (Å²) in [7, 11) is 0.196. The Labute approximate surface area is 172 Å². The Kier molecular flexibility index (Phi) is 6.32. The Hall–Kier alpha value is -1.46. The van der Waals surface area contributed by atoms with Gasteiger partial charge >= 0.3 is 0 Å². The molecule has 148 valence electrons. The molecule has 28 heavy (non-hydrogen) atoms. The van der Waals surface area contributed by atoms with E-state index in [1.54, 1.807) is 5.56 Å². The van der Waals surface area contributed by atoms with Crippen LogP contribution in [-0.2, 0) is 4.57 Å². The van der Waals surface area contributed by atoms with Gasteiger partial charge in [0.05, 0.1) is 5.30 Å². The van der Waals surface area contributed by atoms with Crippen LogP contribution in [0.3, 0.4) is 0 Å². The van der Waals surface area contributed by atoms with E-state index in [9.17, 15) is 4.57 Å². The molecule has 2 fully saturated rings. The van der Waals surface area contributed by atoms with E-state index in [1.807, 2.05) is 0 Å². The topological polar surface area (TPSA) is 17.1 Å². The van der Waals surface area contributed by atoms with Gasteiger partial charge in [-0.2, -0.15) is 0 Å². The van der Waals surface area contributed by atoms with E-state index in [1.165, 1.54) is 92.0 Å². The van der Waals surface area contributed by atoms with Crippen LogP contribution in [0.1, 0.15) is 98.3 Å². The number of aryl methyl sites for hydroxylation is 2. The van der Waals surface area contributed by atoms with Crippen molar-refractivity contribution in [3.05, 3.63) is 52.6 Å². The van der Waals surface area contributed by atoms with Crippen molar-refractivity contribution in [1.29, 1.82) is 0 Å². The van der Waals surface area contributed by atoms with E-state index in [2.05, 4.69) is 44.2 Å². The average molecular weight is 393 g/mol. The quantitative estimate of drug-likeness (QED) is 0.482. The van der Waals surface area contributed by atoms with Gasteiger partial charge in [0.15, 0.2) is 8.46 Å². The van der Waals surface area contributed by atoms with Crippen LogP contribution in [0, 0.1) is 13.8 Å². The predicted octanol–water partition coefficient (Wildman–Crippen LogP) is 7.98. The van der Waals surface area contributed by atoms with Crippen molar-refractivity contribution in [2.24, 2.45) is 0 Å². The van der Waals surface area contributed by atoms with Gasteiger partial charge in [0.2, 0.25) is 0 Å². The summed E-state index contributed by atoms with van der Waals surface area (Å²) in [5, 5.41) is 1.10. The van der Waals surface area contributed by atoms with Crippen LogP contribution < -0.4 is 5.30 Å². The van der Waals surface area contributed by atoms with Crippen LogP contribution in [0.15, 0.2) is 30.3 Å². The van der Waals surface area contributed by atoms with E-state index in [0.29, 0.717) is 11.8 Å². The van der Waals surface area contributed by atoms with Crippen LogP contribution in [0.5, 0.6) is 0 Å². The lowest BCUT2D eigenvalue weighted by molar-refractivity contribution is 0.420. The maximum absolute atomic E-state index is 12.7. The van der Waals surface area contributed by atoms with Gasteiger partial charge in [-0.3, -0.25) is 4.57 Å². The highest BCUT2D eigenvalue weighted by atomic mass is 31.1. The fourth-order valence-electron chi connectivity index (χ4n) is 5.70. The van der Waals surface area contributed by atoms with Crippen molar-refractivity contribution >= 4 is 13.8 Å². The summed E-state index contributed by atoms with van der Waals surface area (Å²) in [4.78, 5) is 0. The third-order valence-corrected chi connectivity index (χ3v) is 7.78. The Morgan fingerprint density at radius 3 is 2.00 bits per heavy atom. The molecule has 0 aromatic heterocycles. The second kappa shape index (κ2) is 8.91. The summed E-state index contributed by atoms with van der Waals surface area (Å²) in [6.45, 7) is 4.41. The summed E-state index contributed by atoms with van der Waals surface area (Å²) in [6.07, 6.45) is 13.2. The Bertz CT molecular complexity index is 842. The monoisotopic (exact) mass is 392 g/mol. The SMILES string of the molecule is Cc1ccccc1-c1c(C)cc(C2CCCCC2)c(C2CCCCC2)c1P=O. The lowest BCUT2D eigenvalue weighted by atomic mass is 9.74. The molecule has 0 atom stereocenters. The van der Waals surface area contributed by atoms with Gasteiger partial charge in [-0.15, -0.1) is 0 Å². The first-order valence-corrected chi connectivity index (χ1v) is 12.1. The van der Waals surface area contributed by atoms with Crippen molar-refractivity contribution in [3.8, 4) is 11.1 Å². The van der Waals surface area contributed by atoms with E-state index in [0.717, 1.165) is 5.30 Å². The highest BCUT2D eigenvalue weighted by Gasteiger charge is 2.29. The van der Waals surface area contributed by atoms with E-state index in [4.69, 9.17) is 0 Å². The lowest BCUT2D eigenvalue weighted by Gasteiger charge is -2.32. The first kappa shape index (κ1) is 19.8. The third-order valence-electron chi connectivity index (χ3n) is 7.13. The molecular formula is C26H33OP. The molecule has 0 unspecified atom stereocenters. The molecule has 0 bridgehead atoms. The second-order valence-corrected chi connectivity index (χ2v) is 9.63. The minimum Gasteiger partial charge on any atom is -0.269 e. The third kappa shape index (κ3) is 3.84. The van der Waals surface area contributed by atoms with Crippen LogP contribution in [0.2, 0.25) is 0 Å². The Morgan fingerprint density at radius 2 is 1.39 bits per heavy atom. The molecule has 2 aromatic rings. The fraction of sp³-hybridized carbons (Fsp3) is 0.538. The number of rotatable bonds is 4. The lowest BCUT2D eigenvalue weighted by Crippen LogP contribution is -2.21. The highest BCUT2D eigenvalue weighted by molar-refractivity contribution is 7.34. The van der Waals surface area contributed by atoms with Crippen LogP contribution in [-0.4, -0.2) is 0 Å². The summed E-state index contributed by atoms with van der Waals surface area (Å²) in [5.41, 5.74) is 8.07. The zero-order chi connectivity index (χ0) is 19.5. The normalized spacial score (nSPS) is 19.2. The maximum Gasteiger partial charge on any atom is 0.193 e. The van der Waals surface area contributed by atoms with Crippen LogP contribution in [0.25, 0.3) is 11.1 Å². The van der Waals surface area contributed by atoms with E-state index >= 15 is 0 Å². The molecule has 0 aliphatic heterocycles. The molecule has 0 amide bonds. The molecule has 2 saturated carbocycles. The summed E-state index contributed by atoms with van der Waals surface area (Å²) in [5.74, 6) is 1.25. The van der Waals surface area contributed by atoms with E-state index in [-0.39, 0.29) is 8.46 Å². The van der Waals surface area contributed by atoms with Crippen molar-refractivity contribution < 1.29 is 4.57 Å². The molecule has 2 heteroatoms. The van der Waals surface area contributed by atoms with Crippen molar-refractivity contribution in [1.82, 2.24) is 0 Å². The average Bonchev–Trinajstić information content (AvgIpc) is 2.75. The first-order chi connectivity index (χ1) is 13.7. The van der Waals surface area contributed by atoms with Gasteiger partial charge in [-0.25, -0.2) is 0 Å². The smallest absolute Gasteiger partial charge is 0.193 e. The first-order valence-electron chi connectivity index (χ1n) is 11.3. The molecule has 0 spiro atoms. The number of hydrogen-bond acceptors (Lipinski definition) is 1. The number of benzene rings is 2. The van der Waals surface area contributed by atoms with Crippen molar-refractivity contribution in [2.75, 3.05) is 0 Å². The zero-order valence-electron chi connectivity index (χ0n) is 17.5. The molecule has 2 aliphatic rings. The summed E-state index contributed by atoms with van der Waals surface area (Å²) >= 11 is 0. The molecule has 1 nitrogen and oxygen atoms in total. The molecule has 2 aromatic carbocycles. The summed E-state index contributed by atoms with van der Waals surface area (Å²) < 4.78 is 12.7. The van der Waals surface area contributed by atoms with Gasteiger partial charge in [-0.05, 0) is 79.2 Å². The van der Waals surface area contributed by atoms with Gasteiger partial charge in [-0.1, -0.05) is 68.9 Å². The fourth-order valence-corrected chi connectivity index (χ4v) is 6.50. The standard InChI is InChI=1S/C26H33OP/c1-18-11-9-10-16-22(18)24-19(2)17-23(20-12-5-3-6-13-20)25(26(24)28-27)21-14-7-4-8-15-21/h9-11,16-17,20-21H,3-8,12-15H2,1-2H3. The molecule has 0 saturated heterocycles. The maximum atomic E-state index is 12.7. The Balaban J connectivity index is 1.93. The van der Waals surface area contributed by atoms with Crippen LogP contribution in [0.4, 0.5) is 0 Å². The number of hydrogen-bond donors (Lipinski definition) is 0. The summed E-state index contributed by atoms with van der Waals surface area (Å²) in [6, 6.07) is 11.1. The zero-order valence-corrected chi connectivity index (χ0v) is 18.4. The molecule has 2 aliphatic carbocycles. The largest absolute Gasteiger partial charge is 0.269 e. The molecule has 0 radical (unpaired) electrons. The molecule has 4 rings (SSSR count). The highest BCUT2D eigenvalue weighted by Crippen LogP contribution is 2.44. The van der Waals surface area contributed by atoms with Gasteiger partial charge in [0, 0.05) is 5.56 Å². The van der Waals surface area contributed by atoms with Crippen molar-refractivity contribution in [2.45, 2.75) is 89.9 Å². The van der Waals surface area contributed by atoms with E-state index < -0.39 is 0 Å². The van der Waals surface area contributed by atoms with Crippen LogP contribution >= 0.6 is 8.46 Å². The van der Waals surface area contributed by atoms with Crippen molar-refractivity contribution in [3.63, 3.8) is 0 Å². The van der Waals surface area contributed by atoms with Gasteiger partial charge < -0.3 is 0 Å². The van der Waals surface area contributed by atoms with Gasteiger partial charge in [0.25, 0.3) is 0 Å². The molecular weight excluding hydrogens is 359 g/mol. The molecule has 0 N–H and O–H groups in total. The minimum absolute atomic E-state index is 0.196.